The number of aliphatic imine (C=N–C) groups is 1. The molecule has 1 aliphatic heterocycles. The fraction of sp³-hybridized carbons (Fsp3) is 0.571. The first-order chi connectivity index (χ1) is 13.2. The van der Waals surface area contributed by atoms with Crippen LogP contribution in [0.25, 0.3) is 10.1 Å². The second-order valence-electron chi connectivity index (χ2n) is 7.68. The molecule has 0 radical (unpaired) electrons. The molecule has 2 fully saturated rings. The minimum absolute atomic E-state index is 0. The van der Waals surface area contributed by atoms with Crippen molar-refractivity contribution in [3.63, 3.8) is 0 Å². The second-order valence-corrected chi connectivity index (χ2v) is 8.80. The van der Waals surface area contributed by atoms with Gasteiger partial charge in [-0.2, -0.15) is 0 Å². The molecule has 0 amide bonds. The van der Waals surface area contributed by atoms with Gasteiger partial charge in [-0.3, -0.25) is 4.99 Å². The Bertz CT molecular complexity index is 759. The molecule has 2 aromatic rings. The van der Waals surface area contributed by atoms with Crippen LogP contribution in [0.2, 0.25) is 0 Å². The molecule has 1 saturated carbocycles. The van der Waals surface area contributed by atoms with Crippen LogP contribution in [-0.2, 0) is 0 Å². The lowest BCUT2D eigenvalue weighted by Crippen LogP contribution is -2.40. The van der Waals surface area contributed by atoms with Crippen molar-refractivity contribution < 1.29 is 5.11 Å². The molecule has 1 aromatic heterocycles. The predicted octanol–water partition coefficient (Wildman–Crippen LogP) is 3.59. The van der Waals surface area contributed by atoms with Gasteiger partial charge in [0.1, 0.15) is 6.10 Å². The molecule has 0 spiro atoms. The molecule has 2 unspecified atom stereocenters. The smallest absolute Gasteiger partial charge is 0.191 e. The van der Waals surface area contributed by atoms with Crippen LogP contribution in [0.4, 0.5) is 0 Å². The van der Waals surface area contributed by atoms with E-state index in [9.17, 15) is 5.11 Å². The van der Waals surface area contributed by atoms with Gasteiger partial charge in [0.2, 0.25) is 0 Å². The van der Waals surface area contributed by atoms with E-state index in [0.717, 1.165) is 30.0 Å². The fourth-order valence-corrected chi connectivity index (χ4v) is 4.86. The molecular weight excluding hydrogens is 483 g/mol. The number of nitrogens with one attached hydrogen (secondary N) is 2. The highest BCUT2D eigenvalue weighted by Gasteiger charge is 2.34. The number of aliphatic hydroxyl groups excluding tert-OH is 1. The van der Waals surface area contributed by atoms with E-state index in [4.69, 9.17) is 0 Å². The van der Waals surface area contributed by atoms with Gasteiger partial charge in [0.15, 0.2) is 5.96 Å². The van der Waals surface area contributed by atoms with Crippen molar-refractivity contribution in [2.75, 3.05) is 32.7 Å². The molecule has 2 atom stereocenters. The zero-order chi connectivity index (χ0) is 18.6. The van der Waals surface area contributed by atoms with Crippen molar-refractivity contribution in [3.05, 3.63) is 35.2 Å². The third-order valence-corrected chi connectivity index (χ3v) is 6.70. The molecule has 5 nitrogen and oxygen atoms in total. The molecule has 1 aliphatic carbocycles. The highest BCUT2D eigenvalue weighted by molar-refractivity contribution is 14.0. The molecule has 3 N–H and O–H groups in total. The number of aliphatic hydroxyl groups is 1. The van der Waals surface area contributed by atoms with Gasteiger partial charge in [0.05, 0.1) is 6.54 Å². The number of halogens is 1. The van der Waals surface area contributed by atoms with Crippen LogP contribution in [0.3, 0.4) is 0 Å². The normalized spacial score (nSPS) is 21.5. The van der Waals surface area contributed by atoms with Crippen molar-refractivity contribution in [3.8, 4) is 0 Å². The van der Waals surface area contributed by atoms with Gasteiger partial charge in [-0.15, -0.1) is 35.3 Å². The quantitative estimate of drug-likeness (QED) is 0.300. The first-order valence-electron chi connectivity index (χ1n) is 10.2. The van der Waals surface area contributed by atoms with Crippen LogP contribution in [0.1, 0.15) is 37.2 Å². The van der Waals surface area contributed by atoms with Gasteiger partial charge in [-0.1, -0.05) is 18.2 Å². The predicted molar refractivity (Wildman–Crippen MR) is 129 cm³/mol. The van der Waals surface area contributed by atoms with E-state index < -0.39 is 6.10 Å². The van der Waals surface area contributed by atoms with Gasteiger partial charge in [0.25, 0.3) is 0 Å². The van der Waals surface area contributed by atoms with Crippen LogP contribution in [0.15, 0.2) is 35.3 Å². The number of benzene rings is 1. The average molecular weight is 514 g/mol. The molecule has 1 aromatic carbocycles. The number of guanidine groups is 1. The lowest BCUT2D eigenvalue weighted by molar-refractivity contribution is 0.191. The second kappa shape index (κ2) is 10.2. The van der Waals surface area contributed by atoms with Gasteiger partial charge >= 0.3 is 0 Å². The van der Waals surface area contributed by atoms with Gasteiger partial charge in [-0.25, -0.2) is 0 Å². The first kappa shape index (κ1) is 21.8. The largest absolute Gasteiger partial charge is 0.386 e. The fourth-order valence-electron chi connectivity index (χ4n) is 3.82. The lowest BCUT2D eigenvalue weighted by Gasteiger charge is -2.17. The molecule has 154 valence electrons. The van der Waals surface area contributed by atoms with Crippen LogP contribution < -0.4 is 10.6 Å². The maximum Gasteiger partial charge on any atom is 0.191 e. The number of likely N-dealkylation sites (tertiary alicyclic amines) is 1. The van der Waals surface area contributed by atoms with Gasteiger partial charge in [-0.05, 0) is 56.2 Å². The van der Waals surface area contributed by atoms with Crippen LogP contribution in [-0.4, -0.2) is 54.7 Å². The Balaban J connectivity index is 0.00000225. The summed E-state index contributed by atoms with van der Waals surface area (Å²) >= 11 is 1.65. The summed E-state index contributed by atoms with van der Waals surface area (Å²) in [6.45, 7) is 6.68. The molecule has 2 aliphatic rings. The first-order valence-corrected chi connectivity index (χ1v) is 11.0. The summed E-state index contributed by atoms with van der Waals surface area (Å²) < 4.78 is 1.21. The van der Waals surface area contributed by atoms with E-state index in [1.165, 1.54) is 42.4 Å². The Morgan fingerprint density at radius 3 is 2.86 bits per heavy atom. The summed E-state index contributed by atoms with van der Waals surface area (Å²) in [6.07, 6.45) is 3.49. The molecule has 28 heavy (non-hydrogen) atoms. The highest BCUT2D eigenvalue weighted by atomic mass is 127. The number of thiophene rings is 1. The SMILES string of the molecule is CCNC(=NCC(O)c1cc2ccccc2s1)NCC1CCN(C2CC2)C1.I. The van der Waals surface area contributed by atoms with E-state index in [1.54, 1.807) is 11.3 Å². The Labute approximate surface area is 188 Å². The Morgan fingerprint density at radius 2 is 2.11 bits per heavy atom. The Hall–Kier alpha value is -0.900. The molecule has 1 saturated heterocycles. The molecule has 0 bridgehead atoms. The van der Waals surface area contributed by atoms with Crippen molar-refractivity contribution in [1.29, 1.82) is 0 Å². The monoisotopic (exact) mass is 514 g/mol. The summed E-state index contributed by atoms with van der Waals surface area (Å²) in [5, 5.41) is 18.5. The van der Waals surface area contributed by atoms with Crippen molar-refractivity contribution in [1.82, 2.24) is 15.5 Å². The summed E-state index contributed by atoms with van der Waals surface area (Å²) in [7, 11) is 0. The maximum atomic E-state index is 10.6. The van der Waals surface area contributed by atoms with Crippen LogP contribution in [0.5, 0.6) is 0 Å². The molecular formula is C21H31IN4OS. The zero-order valence-corrected chi connectivity index (χ0v) is 19.6. The van der Waals surface area contributed by atoms with E-state index in [-0.39, 0.29) is 24.0 Å². The zero-order valence-electron chi connectivity index (χ0n) is 16.4. The number of rotatable bonds is 7. The van der Waals surface area contributed by atoms with E-state index in [1.807, 2.05) is 12.1 Å². The van der Waals surface area contributed by atoms with Gasteiger partial charge < -0.3 is 20.6 Å². The Kier molecular flexibility index (Phi) is 7.96. The number of nitrogens with zero attached hydrogens (tertiary/aromatic N) is 2. The third-order valence-electron chi connectivity index (χ3n) is 5.48. The van der Waals surface area contributed by atoms with Crippen LogP contribution >= 0.6 is 35.3 Å². The average Bonchev–Trinajstić information content (AvgIpc) is 3.26. The number of hydrogen-bond acceptors (Lipinski definition) is 4. The summed E-state index contributed by atoms with van der Waals surface area (Å²) in [4.78, 5) is 8.24. The minimum atomic E-state index is -0.560. The topological polar surface area (TPSA) is 59.9 Å². The van der Waals surface area contributed by atoms with E-state index in [2.05, 4.69) is 45.6 Å². The summed E-state index contributed by atoms with van der Waals surface area (Å²) in [5.74, 6) is 1.50. The van der Waals surface area contributed by atoms with Crippen molar-refractivity contribution in [2.45, 2.75) is 38.3 Å². The summed E-state index contributed by atoms with van der Waals surface area (Å²) in [6, 6.07) is 11.2. The maximum absolute atomic E-state index is 10.6. The lowest BCUT2D eigenvalue weighted by atomic mass is 10.1. The van der Waals surface area contributed by atoms with Crippen LogP contribution in [0, 0.1) is 5.92 Å². The molecule has 4 rings (SSSR count). The summed E-state index contributed by atoms with van der Waals surface area (Å²) in [5.41, 5.74) is 0. The van der Waals surface area contributed by atoms with E-state index >= 15 is 0 Å². The third kappa shape index (κ3) is 5.58. The number of hydrogen-bond donors (Lipinski definition) is 3. The highest BCUT2D eigenvalue weighted by Crippen LogP contribution is 2.31. The molecule has 2 heterocycles. The number of fused-ring (bicyclic) bond motifs is 1. The van der Waals surface area contributed by atoms with Crippen molar-refractivity contribution >= 4 is 51.4 Å². The minimum Gasteiger partial charge on any atom is -0.386 e. The standard InChI is InChI=1S/C21H30N4OS.HI/c1-2-22-21(23-12-15-9-10-25(14-15)17-7-8-17)24-13-18(26)20-11-16-5-3-4-6-19(16)27-20;/h3-6,11,15,17-18,26H,2,7-10,12-14H2,1H3,(H2,22,23,24);1H. The van der Waals surface area contributed by atoms with Crippen molar-refractivity contribution in [2.24, 2.45) is 10.9 Å². The van der Waals surface area contributed by atoms with Gasteiger partial charge in [0, 0.05) is 35.3 Å². The van der Waals surface area contributed by atoms with E-state index in [0.29, 0.717) is 12.5 Å². The Morgan fingerprint density at radius 1 is 1.29 bits per heavy atom. The molecule has 7 heteroatoms.